The lowest BCUT2D eigenvalue weighted by Crippen LogP contribution is -2.47. The molecule has 1 heterocycles. The van der Waals surface area contributed by atoms with Gasteiger partial charge in [0.05, 0.1) is 10.3 Å². The van der Waals surface area contributed by atoms with Crippen LogP contribution >= 0.6 is 0 Å². The van der Waals surface area contributed by atoms with Crippen molar-refractivity contribution in [1.29, 1.82) is 0 Å². The van der Waals surface area contributed by atoms with E-state index in [9.17, 15) is 18.0 Å². The molecule has 7 nitrogen and oxygen atoms in total. The van der Waals surface area contributed by atoms with Crippen LogP contribution in [0.3, 0.4) is 0 Å². The van der Waals surface area contributed by atoms with Gasteiger partial charge in [0.2, 0.25) is 10.0 Å². The largest absolute Gasteiger partial charge is 0.425 e. The van der Waals surface area contributed by atoms with Gasteiger partial charge in [-0.25, -0.2) is 18.0 Å². The first-order valence-electron chi connectivity index (χ1n) is 10.9. The third-order valence-electron chi connectivity index (χ3n) is 5.71. The van der Waals surface area contributed by atoms with Crippen molar-refractivity contribution in [3.8, 4) is 5.75 Å². The maximum absolute atomic E-state index is 13.3. The average molecular weight is 472 g/mol. The second-order valence-electron chi connectivity index (χ2n) is 8.30. The Bertz CT molecular complexity index is 1330. The molecular formula is C25H29NO6S. The number of nitrogens with one attached hydrogen (secondary N) is 1. The first kappa shape index (κ1) is 24.7. The monoisotopic (exact) mass is 471 g/mol. The molecule has 0 saturated heterocycles. The molecule has 1 N–H and O–H groups in total. The van der Waals surface area contributed by atoms with Crippen molar-refractivity contribution in [1.82, 2.24) is 4.72 Å². The lowest BCUT2D eigenvalue weighted by atomic mass is 10.00. The maximum atomic E-state index is 13.3. The fourth-order valence-electron chi connectivity index (χ4n) is 3.59. The summed E-state index contributed by atoms with van der Waals surface area (Å²) >= 11 is 0. The number of carbonyl (C=O) groups excluding carboxylic acids is 1. The Morgan fingerprint density at radius 2 is 1.73 bits per heavy atom. The lowest BCUT2D eigenvalue weighted by Gasteiger charge is -2.23. The van der Waals surface area contributed by atoms with Crippen LogP contribution in [-0.2, 0) is 21.2 Å². The minimum absolute atomic E-state index is 0.0743. The molecule has 2 atom stereocenters. The molecule has 33 heavy (non-hydrogen) atoms. The number of rotatable bonds is 8. The molecule has 0 unspecified atom stereocenters. The Hall–Kier alpha value is -2.97. The van der Waals surface area contributed by atoms with Crippen LogP contribution in [0.15, 0.2) is 56.6 Å². The molecule has 2 aromatic carbocycles. The predicted octanol–water partition coefficient (Wildman–Crippen LogP) is 4.27. The zero-order valence-electron chi connectivity index (χ0n) is 19.5. The second kappa shape index (κ2) is 9.89. The van der Waals surface area contributed by atoms with E-state index >= 15 is 0 Å². The van der Waals surface area contributed by atoms with Gasteiger partial charge < -0.3 is 9.15 Å². The van der Waals surface area contributed by atoms with Gasteiger partial charge in [0.15, 0.2) is 0 Å². The molecule has 0 aliphatic heterocycles. The zero-order valence-corrected chi connectivity index (χ0v) is 20.3. The third-order valence-corrected chi connectivity index (χ3v) is 7.16. The lowest BCUT2D eigenvalue weighted by molar-refractivity contribution is -0.137. The summed E-state index contributed by atoms with van der Waals surface area (Å²) in [6.07, 6.45) is 1.09. The summed E-state index contributed by atoms with van der Waals surface area (Å²) in [5, 5.41) is 0.528. The Morgan fingerprint density at radius 1 is 1.06 bits per heavy atom. The van der Waals surface area contributed by atoms with Gasteiger partial charge >= 0.3 is 11.6 Å². The number of benzene rings is 2. The first-order valence-corrected chi connectivity index (χ1v) is 12.4. The summed E-state index contributed by atoms with van der Waals surface area (Å²) < 4.78 is 39.5. The summed E-state index contributed by atoms with van der Waals surface area (Å²) in [6.45, 7) is 9.20. The van der Waals surface area contributed by atoms with Gasteiger partial charge in [-0.2, -0.15) is 4.72 Å². The topological polar surface area (TPSA) is 103 Å². The van der Waals surface area contributed by atoms with E-state index in [0.717, 1.165) is 11.1 Å². The average Bonchev–Trinajstić information content (AvgIpc) is 2.76. The van der Waals surface area contributed by atoms with Crippen LogP contribution in [-0.4, -0.2) is 20.4 Å². The van der Waals surface area contributed by atoms with Gasteiger partial charge in [-0.1, -0.05) is 44.9 Å². The van der Waals surface area contributed by atoms with Crippen LogP contribution in [0.1, 0.15) is 43.9 Å². The molecule has 0 fully saturated rings. The molecule has 0 spiro atoms. The summed E-state index contributed by atoms with van der Waals surface area (Å²) in [6, 6.07) is 10.1. The van der Waals surface area contributed by atoms with Crippen molar-refractivity contribution in [2.24, 2.45) is 5.92 Å². The van der Waals surface area contributed by atoms with E-state index in [2.05, 4.69) is 4.72 Å². The SMILES string of the molecule is CCc1cc(=O)oc2cc(C)cc(OC(=O)[C@H](NS(=O)(=O)c3ccc(C)cc3)[C@@H](C)CC)c12. The molecule has 3 aromatic rings. The highest BCUT2D eigenvalue weighted by Gasteiger charge is 2.32. The van der Waals surface area contributed by atoms with Crippen LogP contribution in [0.2, 0.25) is 0 Å². The Labute approximate surface area is 193 Å². The molecule has 0 saturated carbocycles. The van der Waals surface area contributed by atoms with Crippen LogP contribution in [0.25, 0.3) is 11.0 Å². The number of fused-ring (bicyclic) bond motifs is 1. The van der Waals surface area contributed by atoms with Crippen LogP contribution in [0.5, 0.6) is 5.75 Å². The Kier molecular flexibility index (Phi) is 7.39. The van der Waals surface area contributed by atoms with Gasteiger partial charge in [0.1, 0.15) is 17.4 Å². The van der Waals surface area contributed by atoms with Gasteiger partial charge in [0.25, 0.3) is 0 Å². The van der Waals surface area contributed by atoms with E-state index in [0.29, 0.717) is 29.4 Å². The van der Waals surface area contributed by atoms with Crippen molar-refractivity contribution in [2.75, 3.05) is 0 Å². The minimum Gasteiger partial charge on any atom is -0.425 e. The van der Waals surface area contributed by atoms with E-state index in [4.69, 9.17) is 9.15 Å². The standard InChI is InChI=1S/C25H29NO6S/c1-6-17(5)24(26-33(29,30)19-10-8-15(3)9-11-19)25(28)32-21-13-16(4)12-20-23(21)18(7-2)14-22(27)31-20/h8-14,17,24,26H,6-7H2,1-5H3/t17-,24+/m0/s1. The summed E-state index contributed by atoms with van der Waals surface area (Å²) in [4.78, 5) is 25.2. The Balaban J connectivity index is 2.00. The quantitative estimate of drug-likeness (QED) is 0.299. The Morgan fingerprint density at radius 3 is 2.33 bits per heavy atom. The van der Waals surface area contributed by atoms with Gasteiger partial charge in [-0.15, -0.1) is 0 Å². The van der Waals surface area contributed by atoms with Crippen molar-refractivity contribution in [2.45, 2.75) is 58.4 Å². The first-order chi connectivity index (χ1) is 15.6. The highest BCUT2D eigenvalue weighted by atomic mass is 32.2. The molecule has 8 heteroatoms. The number of hydrogen-bond acceptors (Lipinski definition) is 6. The van der Waals surface area contributed by atoms with Crippen molar-refractivity contribution in [3.05, 3.63) is 69.6 Å². The van der Waals surface area contributed by atoms with Crippen molar-refractivity contribution < 1.29 is 22.4 Å². The second-order valence-corrected chi connectivity index (χ2v) is 10.0. The zero-order chi connectivity index (χ0) is 24.3. The van der Waals surface area contributed by atoms with E-state index in [1.807, 2.05) is 20.8 Å². The third kappa shape index (κ3) is 5.51. The van der Waals surface area contributed by atoms with Crippen LogP contribution in [0, 0.1) is 19.8 Å². The van der Waals surface area contributed by atoms with Gasteiger partial charge in [0, 0.05) is 6.07 Å². The van der Waals surface area contributed by atoms with Gasteiger partial charge in [-0.05, 0) is 61.6 Å². The number of esters is 1. The molecule has 176 valence electrons. The fraction of sp³-hybridized carbons (Fsp3) is 0.360. The molecule has 3 rings (SSSR count). The molecule has 1 aromatic heterocycles. The predicted molar refractivity (Wildman–Crippen MR) is 127 cm³/mol. The highest BCUT2D eigenvalue weighted by molar-refractivity contribution is 7.89. The maximum Gasteiger partial charge on any atom is 0.336 e. The summed E-state index contributed by atoms with van der Waals surface area (Å²) in [5.41, 5.74) is 2.19. The van der Waals surface area contributed by atoms with Crippen LogP contribution < -0.4 is 15.1 Å². The normalized spacial score (nSPS) is 13.6. The molecular weight excluding hydrogens is 442 g/mol. The van der Waals surface area contributed by atoms with E-state index < -0.39 is 27.7 Å². The van der Waals surface area contributed by atoms with E-state index in [1.54, 1.807) is 38.1 Å². The number of ether oxygens (including phenoxy) is 1. The minimum atomic E-state index is -3.95. The number of sulfonamides is 1. The smallest absolute Gasteiger partial charge is 0.336 e. The van der Waals surface area contributed by atoms with Crippen molar-refractivity contribution >= 4 is 27.0 Å². The van der Waals surface area contributed by atoms with Gasteiger partial charge in [-0.3, -0.25) is 0 Å². The van der Waals surface area contributed by atoms with Crippen molar-refractivity contribution in [3.63, 3.8) is 0 Å². The molecule has 0 aliphatic rings. The summed E-state index contributed by atoms with van der Waals surface area (Å²) in [7, 11) is -3.95. The van der Waals surface area contributed by atoms with Crippen LogP contribution in [0.4, 0.5) is 0 Å². The highest BCUT2D eigenvalue weighted by Crippen LogP contribution is 2.31. The molecule has 0 bridgehead atoms. The fourth-order valence-corrected chi connectivity index (χ4v) is 4.88. The molecule has 0 amide bonds. The summed E-state index contributed by atoms with van der Waals surface area (Å²) in [5.74, 6) is -0.809. The number of carbonyl (C=O) groups is 1. The number of hydrogen-bond donors (Lipinski definition) is 1. The molecule has 0 radical (unpaired) electrons. The molecule has 0 aliphatic carbocycles. The van der Waals surface area contributed by atoms with E-state index in [-0.39, 0.29) is 16.6 Å². The number of aryl methyl sites for hydroxylation is 3. The van der Waals surface area contributed by atoms with E-state index in [1.165, 1.54) is 18.2 Å².